The molecule has 0 bridgehead atoms. The van der Waals surface area contributed by atoms with Gasteiger partial charge in [0.25, 0.3) is 0 Å². The van der Waals surface area contributed by atoms with Crippen molar-refractivity contribution >= 4 is 22.9 Å². The molecule has 0 aromatic heterocycles. The molecule has 2 aromatic carbocycles. The number of allylic oxidation sites excluding steroid dienone is 2. The maximum absolute atomic E-state index is 12.9. The first-order valence-corrected chi connectivity index (χ1v) is 20.5. The van der Waals surface area contributed by atoms with Gasteiger partial charge in [-0.2, -0.15) is 0 Å². The number of carbonyl (C=O) groups is 2. The molecule has 0 radical (unpaired) electrons. The number of ether oxygens (including phenoxy) is 2. The molecule has 2 aromatic rings. The van der Waals surface area contributed by atoms with Crippen LogP contribution in [0.2, 0.25) is 0 Å². The Labute approximate surface area is 311 Å². The second kappa shape index (κ2) is 30.1. The fraction of sp³-hybridized carbons (Fsp3) is 0.600. The summed E-state index contributed by atoms with van der Waals surface area (Å²) in [5, 5.41) is 6.52. The Balaban J connectivity index is 1.89. The number of ketones is 2. The second-order valence-corrected chi connectivity index (χ2v) is 13.8. The monoisotopic (exact) mass is 703 g/mol. The first-order valence-electron chi connectivity index (χ1n) is 20.5. The molecule has 6 nitrogen and oxygen atoms in total. The van der Waals surface area contributed by atoms with E-state index < -0.39 is 0 Å². The van der Waals surface area contributed by atoms with E-state index in [1.807, 2.05) is 42.5 Å². The van der Waals surface area contributed by atoms with Gasteiger partial charge in [0, 0.05) is 36.5 Å². The number of anilines is 2. The summed E-state index contributed by atoms with van der Waals surface area (Å²) in [4.78, 5) is 25.4. The van der Waals surface area contributed by atoms with Crippen LogP contribution in [0.5, 0.6) is 11.5 Å². The van der Waals surface area contributed by atoms with Crippen molar-refractivity contribution in [2.45, 2.75) is 162 Å². The number of carbonyl (C=O) groups excluding carboxylic acids is 2. The molecule has 0 spiro atoms. The molecule has 0 atom stereocenters. The number of nitrogens with one attached hydrogen (secondary N) is 2. The van der Waals surface area contributed by atoms with Gasteiger partial charge >= 0.3 is 0 Å². The summed E-state index contributed by atoms with van der Waals surface area (Å²) >= 11 is 0. The smallest absolute Gasteiger partial charge is 0.187 e. The third-order valence-corrected chi connectivity index (χ3v) is 9.17. The quantitative estimate of drug-likeness (QED) is 0.0438. The van der Waals surface area contributed by atoms with Crippen LogP contribution in [0.1, 0.15) is 172 Å². The van der Waals surface area contributed by atoms with Crippen molar-refractivity contribution in [2.24, 2.45) is 0 Å². The first kappa shape index (κ1) is 43.6. The molecule has 51 heavy (non-hydrogen) atoms. The van der Waals surface area contributed by atoms with Crippen LogP contribution in [0.25, 0.3) is 0 Å². The zero-order valence-corrected chi connectivity index (χ0v) is 32.5. The zero-order chi connectivity index (χ0) is 36.6. The Kier molecular flexibility index (Phi) is 25.8. The lowest BCUT2D eigenvalue weighted by Crippen LogP contribution is -2.02. The Hall–Kier alpha value is -3.54. The van der Waals surface area contributed by atoms with Crippen LogP contribution in [-0.4, -0.2) is 24.8 Å². The van der Waals surface area contributed by atoms with Crippen molar-refractivity contribution < 1.29 is 19.1 Å². The molecule has 0 aliphatic heterocycles. The molecule has 0 unspecified atom stereocenters. The Morgan fingerprint density at radius 1 is 0.510 bits per heavy atom. The normalized spacial score (nSPS) is 11.4. The van der Waals surface area contributed by atoms with Gasteiger partial charge < -0.3 is 20.1 Å². The lowest BCUT2D eigenvalue weighted by atomic mass is 10.1. The average molecular weight is 703 g/mol. The van der Waals surface area contributed by atoms with Crippen molar-refractivity contribution in [3.63, 3.8) is 0 Å². The minimum atomic E-state index is -0.0969. The van der Waals surface area contributed by atoms with E-state index in [1.54, 1.807) is 18.5 Å². The summed E-state index contributed by atoms with van der Waals surface area (Å²) < 4.78 is 11.9. The molecule has 0 heterocycles. The molecule has 2 rings (SSSR count). The van der Waals surface area contributed by atoms with E-state index in [0.29, 0.717) is 25.2 Å². The van der Waals surface area contributed by atoms with Gasteiger partial charge in [-0.05, 0) is 61.7 Å². The lowest BCUT2D eigenvalue weighted by molar-refractivity contribution is -0.114. The van der Waals surface area contributed by atoms with Gasteiger partial charge in [0.05, 0.1) is 24.6 Å². The predicted molar refractivity (Wildman–Crippen MR) is 217 cm³/mol. The van der Waals surface area contributed by atoms with Gasteiger partial charge in [-0.1, -0.05) is 136 Å². The average Bonchev–Trinajstić information content (AvgIpc) is 3.14. The topological polar surface area (TPSA) is 76.7 Å². The van der Waals surface area contributed by atoms with Crippen molar-refractivity contribution in [3.8, 4) is 11.5 Å². The van der Waals surface area contributed by atoms with Crippen molar-refractivity contribution in [1.82, 2.24) is 0 Å². The number of hydrogen-bond donors (Lipinski definition) is 2. The second-order valence-electron chi connectivity index (χ2n) is 13.8. The summed E-state index contributed by atoms with van der Waals surface area (Å²) in [6, 6.07) is 13.1. The number of rotatable bonds is 33. The van der Waals surface area contributed by atoms with E-state index in [4.69, 9.17) is 9.47 Å². The van der Waals surface area contributed by atoms with E-state index in [-0.39, 0.29) is 11.6 Å². The Bertz CT molecular complexity index is 1240. The van der Waals surface area contributed by atoms with Gasteiger partial charge in [0.15, 0.2) is 11.6 Å². The molecule has 6 heteroatoms. The van der Waals surface area contributed by atoms with Crippen molar-refractivity contribution in [2.75, 3.05) is 23.8 Å². The number of benzene rings is 2. The van der Waals surface area contributed by atoms with E-state index >= 15 is 0 Å². The molecule has 0 saturated carbocycles. The molecular formula is C45H70N2O4. The molecule has 0 fully saturated rings. The van der Waals surface area contributed by atoms with Crippen LogP contribution in [0, 0.1) is 0 Å². The highest BCUT2D eigenvalue weighted by Gasteiger charge is 2.06. The molecule has 0 saturated heterocycles. The Morgan fingerprint density at radius 3 is 1.53 bits per heavy atom. The molecule has 2 N–H and O–H groups in total. The lowest BCUT2D eigenvalue weighted by Gasteiger charge is -2.13. The highest BCUT2D eigenvalue weighted by molar-refractivity contribution is 6.04. The number of unbranched alkanes of at least 4 members (excludes halogenated alkanes) is 18. The van der Waals surface area contributed by atoms with E-state index in [9.17, 15) is 9.59 Å². The minimum absolute atomic E-state index is 0.0969. The first-order chi connectivity index (χ1) is 25.1. The number of hydrogen-bond acceptors (Lipinski definition) is 6. The summed E-state index contributed by atoms with van der Waals surface area (Å²) in [5.41, 5.74) is 2.15. The van der Waals surface area contributed by atoms with Crippen LogP contribution in [0.15, 0.2) is 67.0 Å². The van der Waals surface area contributed by atoms with Crippen LogP contribution in [-0.2, 0) is 4.79 Å². The molecule has 284 valence electrons. The van der Waals surface area contributed by atoms with Gasteiger partial charge in [-0.15, -0.1) is 0 Å². The van der Waals surface area contributed by atoms with E-state index in [0.717, 1.165) is 48.6 Å². The molecule has 0 amide bonds. The third kappa shape index (κ3) is 22.1. The Morgan fingerprint density at radius 2 is 0.961 bits per heavy atom. The van der Waals surface area contributed by atoms with Gasteiger partial charge in [0.1, 0.15) is 11.5 Å². The van der Waals surface area contributed by atoms with Gasteiger partial charge in [-0.3, -0.25) is 9.59 Å². The van der Waals surface area contributed by atoms with Crippen LogP contribution in [0.4, 0.5) is 11.4 Å². The summed E-state index contributed by atoms with van der Waals surface area (Å²) in [5.74, 6) is 1.58. The zero-order valence-electron chi connectivity index (χ0n) is 32.5. The fourth-order valence-corrected chi connectivity index (χ4v) is 5.94. The van der Waals surface area contributed by atoms with E-state index in [1.165, 1.54) is 115 Å². The maximum atomic E-state index is 12.9. The minimum Gasteiger partial charge on any atom is -0.494 e. The summed E-state index contributed by atoms with van der Waals surface area (Å²) in [7, 11) is 0. The maximum Gasteiger partial charge on any atom is 0.187 e. The van der Waals surface area contributed by atoms with Crippen LogP contribution in [0.3, 0.4) is 0 Å². The predicted octanol–water partition coefficient (Wildman–Crippen LogP) is 13.4. The highest BCUT2D eigenvalue weighted by atomic mass is 16.5. The SMILES string of the molecule is CCCCCCCCCCCC(=O)/C=C/Nc1cc(OCCCCCCCC)ccc1N/C=C/C(=O)c1ccc(OCCCCCCCC)cc1. The van der Waals surface area contributed by atoms with Crippen molar-refractivity contribution in [1.29, 1.82) is 0 Å². The third-order valence-electron chi connectivity index (χ3n) is 9.17. The molecular weight excluding hydrogens is 633 g/mol. The van der Waals surface area contributed by atoms with Crippen molar-refractivity contribution in [3.05, 3.63) is 72.6 Å². The largest absolute Gasteiger partial charge is 0.494 e. The van der Waals surface area contributed by atoms with Crippen LogP contribution >= 0.6 is 0 Å². The standard InChI is InChI=1S/C45H70N2O4/c1-4-7-10-13-16-17-18-19-22-25-40(48)32-34-47-44-38-42(51-37-24-21-15-12-9-6-3)30-31-43(44)46-35-33-45(49)39-26-28-41(29-27-39)50-36-23-20-14-11-8-5-2/h26-35,38,46-47H,4-25,36-37H2,1-3H3/b34-32+,35-33+. The van der Waals surface area contributed by atoms with E-state index in [2.05, 4.69) is 31.4 Å². The summed E-state index contributed by atoms with van der Waals surface area (Å²) in [6.07, 6.45) is 32.8. The molecule has 0 aliphatic carbocycles. The summed E-state index contributed by atoms with van der Waals surface area (Å²) in [6.45, 7) is 8.08. The fourth-order valence-electron chi connectivity index (χ4n) is 5.94. The van der Waals surface area contributed by atoms with Gasteiger partial charge in [-0.25, -0.2) is 0 Å². The highest BCUT2D eigenvalue weighted by Crippen LogP contribution is 2.28. The van der Waals surface area contributed by atoms with Crippen LogP contribution < -0.4 is 20.1 Å². The van der Waals surface area contributed by atoms with Gasteiger partial charge in [0.2, 0.25) is 0 Å². The molecule has 0 aliphatic rings.